The van der Waals surface area contributed by atoms with Gasteiger partial charge in [0.1, 0.15) is 0 Å². The molecule has 1 nitrogen and oxygen atoms in total. The Morgan fingerprint density at radius 1 is 1.80 bits per heavy atom. The highest BCUT2D eigenvalue weighted by atomic mass is 35.5. The van der Waals surface area contributed by atoms with Crippen molar-refractivity contribution in [2.45, 2.75) is 6.92 Å². The molecule has 5 heavy (non-hydrogen) atoms. The van der Waals surface area contributed by atoms with Crippen molar-refractivity contribution in [2.75, 3.05) is 6.54 Å². The van der Waals surface area contributed by atoms with E-state index in [9.17, 15) is 0 Å². The summed E-state index contributed by atoms with van der Waals surface area (Å²) >= 11 is 0. The zero-order valence-electron chi connectivity index (χ0n) is 3.27. The third kappa shape index (κ3) is 13.8. The highest BCUT2D eigenvalue weighted by Crippen LogP contribution is 1.54. The summed E-state index contributed by atoms with van der Waals surface area (Å²) in [7, 11) is 0. The Kier molecular flexibility index (Phi) is 15.9. The molecule has 0 aromatic rings. The van der Waals surface area contributed by atoms with Gasteiger partial charge in [0.05, 0.1) is 0 Å². The van der Waals surface area contributed by atoms with Crippen LogP contribution < -0.4 is 5.73 Å². The summed E-state index contributed by atoms with van der Waals surface area (Å²) in [5.74, 6) is 0. The van der Waals surface area contributed by atoms with E-state index in [1.54, 1.807) is 0 Å². The van der Waals surface area contributed by atoms with E-state index in [0.29, 0.717) is 6.54 Å². The number of hydrogen-bond acceptors (Lipinski definition) is 1. The fraction of sp³-hybridized carbons (Fsp3) is 0.667. The van der Waals surface area contributed by atoms with Gasteiger partial charge in [-0.3, -0.25) is 0 Å². The zero-order valence-corrected chi connectivity index (χ0v) is 4.09. The van der Waals surface area contributed by atoms with Gasteiger partial charge < -0.3 is 5.73 Å². The average molecular weight is 94.6 g/mol. The summed E-state index contributed by atoms with van der Waals surface area (Å²) in [6.45, 7) is 2.62. The van der Waals surface area contributed by atoms with Crippen LogP contribution in [0.1, 0.15) is 6.92 Å². The maximum absolute atomic E-state index is 4.97. The van der Waals surface area contributed by atoms with Gasteiger partial charge in [-0.15, -0.1) is 12.4 Å². The van der Waals surface area contributed by atoms with Gasteiger partial charge in [0, 0.05) is 0 Å². The summed E-state index contributed by atoms with van der Waals surface area (Å²) in [5.41, 5.74) is 4.97. The Hall–Kier alpha value is 0.250. The first-order chi connectivity index (χ1) is 1.91. The van der Waals surface area contributed by atoms with Gasteiger partial charge in [0.2, 0.25) is 0 Å². The highest BCUT2D eigenvalue weighted by Gasteiger charge is 1.56. The Balaban J connectivity index is 0. The van der Waals surface area contributed by atoms with E-state index in [-0.39, 0.29) is 12.4 Å². The van der Waals surface area contributed by atoms with Crippen molar-refractivity contribution >= 4 is 12.4 Å². The van der Waals surface area contributed by atoms with Crippen molar-refractivity contribution in [3.05, 3.63) is 6.42 Å². The quantitative estimate of drug-likeness (QED) is 0.506. The predicted octanol–water partition coefficient (Wildman–Crippen LogP) is 0.591. The molecule has 0 bridgehead atoms. The number of rotatable bonds is 1. The second kappa shape index (κ2) is 8.87. The largest absolute Gasteiger partial charge is 0.330 e. The first kappa shape index (κ1) is 8.98. The summed E-state index contributed by atoms with van der Waals surface area (Å²) in [6.07, 6.45) is 1.90. The van der Waals surface area contributed by atoms with E-state index in [1.165, 1.54) is 0 Å². The molecule has 0 fully saturated rings. The van der Waals surface area contributed by atoms with Crippen LogP contribution in [0.5, 0.6) is 0 Å². The van der Waals surface area contributed by atoms with Gasteiger partial charge in [-0.25, -0.2) is 0 Å². The minimum absolute atomic E-state index is 0. The maximum atomic E-state index is 4.97. The maximum Gasteiger partial charge on any atom is -0.00485 e. The predicted molar refractivity (Wildman–Crippen MR) is 26.3 cm³/mol. The van der Waals surface area contributed by atoms with Crippen molar-refractivity contribution in [1.29, 1.82) is 0 Å². The normalized spacial score (nSPS) is 6.00. The Bertz CT molecular complexity index is 8.85. The van der Waals surface area contributed by atoms with Crippen LogP contribution in [-0.2, 0) is 0 Å². The molecule has 0 amide bonds. The van der Waals surface area contributed by atoms with E-state index >= 15 is 0 Å². The Morgan fingerprint density at radius 3 is 2.00 bits per heavy atom. The van der Waals surface area contributed by atoms with E-state index in [0.717, 1.165) is 0 Å². The molecule has 0 aromatic heterocycles. The molecule has 2 heteroatoms. The van der Waals surface area contributed by atoms with E-state index in [2.05, 4.69) is 0 Å². The van der Waals surface area contributed by atoms with Crippen LogP contribution >= 0.6 is 12.4 Å². The average Bonchev–Trinajstić information content (AvgIpc) is 1.37. The Morgan fingerprint density at radius 2 is 2.00 bits per heavy atom. The first-order valence-electron chi connectivity index (χ1n) is 1.39. The third-order valence-corrected chi connectivity index (χ3v) is 0.236. The zero-order chi connectivity index (χ0) is 3.41. The molecule has 0 aromatic carbocycles. The van der Waals surface area contributed by atoms with Crippen molar-refractivity contribution in [1.82, 2.24) is 0 Å². The van der Waals surface area contributed by atoms with Gasteiger partial charge in [-0.05, 0) is 13.0 Å². The van der Waals surface area contributed by atoms with Gasteiger partial charge in [-0.2, -0.15) is 0 Å². The highest BCUT2D eigenvalue weighted by molar-refractivity contribution is 5.85. The SMILES string of the molecule is C[CH]CN.Cl. The molecule has 2 N–H and O–H groups in total. The summed E-state index contributed by atoms with van der Waals surface area (Å²) in [4.78, 5) is 0. The number of hydrogen-bond donors (Lipinski definition) is 1. The minimum atomic E-state index is 0. The van der Waals surface area contributed by atoms with E-state index < -0.39 is 0 Å². The standard InChI is InChI=1S/C3H8N.ClH/c1-2-3-4;/h2H,3-4H2,1H3;1H. The summed E-state index contributed by atoms with van der Waals surface area (Å²) < 4.78 is 0. The molecule has 0 atom stereocenters. The van der Waals surface area contributed by atoms with E-state index in [1.807, 2.05) is 13.3 Å². The topological polar surface area (TPSA) is 26.0 Å². The minimum Gasteiger partial charge on any atom is -0.330 e. The van der Waals surface area contributed by atoms with Crippen molar-refractivity contribution in [2.24, 2.45) is 5.73 Å². The second-order valence-electron chi connectivity index (χ2n) is 0.644. The van der Waals surface area contributed by atoms with Crippen molar-refractivity contribution < 1.29 is 0 Å². The lowest BCUT2D eigenvalue weighted by Gasteiger charge is -1.69. The van der Waals surface area contributed by atoms with Gasteiger partial charge >= 0.3 is 0 Å². The molecule has 0 rings (SSSR count). The molecular formula is C3H9ClN. The lowest BCUT2D eigenvalue weighted by atomic mass is 10.5. The van der Waals surface area contributed by atoms with Crippen LogP contribution in [0, 0.1) is 6.42 Å². The van der Waals surface area contributed by atoms with Crippen LogP contribution in [0.4, 0.5) is 0 Å². The van der Waals surface area contributed by atoms with Crippen LogP contribution in [0.2, 0.25) is 0 Å². The fourth-order valence-corrected chi connectivity index (χ4v) is 0. The van der Waals surface area contributed by atoms with Gasteiger partial charge in [0.15, 0.2) is 0 Å². The molecular weight excluding hydrogens is 85.5 g/mol. The smallest absolute Gasteiger partial charge is 0.00485 e. The first-order valence-corrected chi connectivity index (χ1v) is 1.39. The molecule has 0 unspecified atom stereocenters. The lowest BCUT2D eigenvalue weighted by Crippen LogP contribution is -1.94. The monoisotopic (exact) mass is 94.0 g/mol. The molecule has 1 radical (unpaired) electrons. The van der Waals surface area contributed by atoms with Gasteiger partial charge in [-0.1, -0.05) is 6.92 Å². The summed E-state index contributed by atoms with van der Waals surface area (Å²) in [5, 5.41) is 0. The molecule has 0 spiro atoms. The number of halogens is 1. The molecule has 0 saturated heterocycles. The molecule has 0 aliphatic heterocycles. The molecule has 33 valence electrons. The third-order valence-electron chi connectivity index (χ3n) is 0.236. The number of nitrogens with two attached hydrogens (primary N) is 1. The van der Waals surface area contributed by atoms with E-state index in [4.69, 9.17) is 5.73 Å². The van der Waals surface area contributed by atoms with Crippen LogP contribution in [0.15, 0.2) is 0 Å². The fourth-order valence-electron chi connectivity index (χ4n) is 0. The molecule has 0 saturated carbocycles. The Labute approximate surface area is 39.0 Å². The van der Waals surface area contributed by atoms with Crippen LogP contribution in [0.25, 0.3) is 0 Å². The molecule has 0 aliphatic carbocycles. The molecule has 0 heterocycles. The second-order valence-corrected chi connectivity index (χ2v) is 0.644. The van der Waals surface area contributed by atoms with Gasteiger partial charge in [0.25, 0.3) is 0 Å². The van der Waals surface area contributed by atoms with Crippen molar-refractivity contribution in [3.8, 4) is 0 Å². The summed E-state index contributed by atoms with van der Waals surface area (Å²) in [6, 6.07) is 0. The lowest BCUT2D eigenvalue weighted by molar-refractivity contribution is 1.14. The van der Waals surface area contributed by atoms with Crippen LogP contribution in [-0.4, -0.2) is 6.54 Å². The molecule has 0 aliphatic rings. The van der Waals surface area contributed by atoms with Crippen LogP contribution in [0.3, 0.4) is 0 Å². The van der Waals surface area contributed by atoms with Crippen molar-refractivity contribution in [3.63, 3.8) is 0 Å².